The van der Waals surface area contributed by atoms with E-state index in [1.807, 2.05) is 49.3 Å². The zero-order valence-corrected chi connectivity index (χ0v) is 20.1. The molecule has 0 fully saturated rings. The molecular formula is C27H25FN4O4. The zero-order valence-electron chi connectivity index (χ0n) is 20.1. The third kappa shape index (κ3) is 4.48. The van der Waals surface area contributed by atoms with Crippen molar-refractivity contribution in [3.8, 4) is 11.5 Å². The van der Waals surface area contributed by atoms with Crippen LogP contribution in [0.4, 0.5) is 21.5 Å². The van der Waals surface area contributed by atoms with Gasteiger partial charge in [-0.1, -0.05) is 0 Å². The highest BCUT2D eigenvalue weighted by Gasteiger charge is 2.29. The van der Waals surface area contributed by atoms with E-state index in [0.29, 0.717) is 51.8 Å². The van der Waals surface area contributed by atoms with E-state index < -0.39 is 5.82 Å². The molecule has 0 unspecified atom stereocenters. The summed E-state index contributed by atoms with van der Waals surface area (Å²) in [6.07, 6.45) is 0. The van der Waals surface area contributed by atoms with Gasteiger partial charge in [-0.3, -0.25) is 9.59 Å². The van der Waals surface area contributed by atoms with Gasteiger partial charge in [0, 0.05) is 29.5 Å². The van der Waals surface area contributed by atoms with Crippen LogP contribution in [0.2, 0.25) is 0 Å². The summed E-state index contributed by atoms with van der Waals surface area (Å²) >= 11 is 0. The van der Waals surface area contributed by atoms with Crippen molar-refractivity contribution in [2.45, 2.75) is 0 Å². The standard InChI is InChI=1S/C27H25FN4O4/c1-31(2)14-24(33)32(3)19-8-6-18(7-9-19)29-26(16-4-11-22-23(12-16)36-15-35-22)25-20-10-5-17(28)13-21(20)30-27(25)34/h4-13,29H,14-15H2,1-3H3,(H,30,34). The first-order valence-corrected chi connectivity index (χ1v) is 11.3. The van der Waals surface area contributed by atoms with Gasteiger partial charge in [0.15, 0.2) is 11.5 Å². The number of benzene rings is 3. The van der Waals surface area contributed by atoms with Gasteiger partial charge in [0.25, 0.3) is 5.91 Å². The Morgan fingerprint density at radius 3 is 2.50 bits per heavy atom. The Labute approximate surface area is 207 Å². The summed E-state index contributed by atoms with van der Waals surface area (Å²) in [5, 5.41) is 6.11. The van der Waals surface area contributed by atoms with E-state index in [1.54, 1.807) is 30.1 Å². The summed E-state index contributed by atoms with van der Waals surface area (Å²) in [4.78, 5) is 28.9. The normalized spacial score (nSPS) is 15.0. The number of anilines is 3. The number of hydrogen-bond donors (Lipinski definition) is 2. The van der Waals surface area contributed by atoms with Gasteiger partial charge in [-0.25, -0.2) is 4.39 Å². The summed E-state index contributed by atoms with van der Waals surface area (Å²) in [6, 6.07) is 17.0. The lowest BCUT2D eigenvalue weighted by Gasteiger charge is -2.20. The minimum atomic E-state index is -0.434. The number of likely N-dealkylation sites (N-methyl/N-ethyl adjacent to an activating group) is 2. The largest absolute Gasteiger partial charge is 0.454 e. The maximum absolute atomic E-state index is 13.8. The van der Waals surface area contributed by atoms with E-state index in [0.717, 1.165) is 5.69 Å². The minimum absolute atomic E-state index is 0.0321. The quantitative estimate of drug-likeness (QED) is 0.511. The Balaban J connectivity index is 1.53. The van der Waals surface area contributed by atoms with Gasteiger partial charge in [0.05, 0.1) is 23.5 Å². The number of carbonyl (C=O) groups is 2. The van der Waals surface area contributed by atoms with Crippen molar-refractivity contribution in [1.29, 1.82) is 0 Å². The highest BCUT2D eigenvalue weighted by molar-refractivity contribution is 6.37. The highest BCUT2D eigenvalue weighted by Crippen LogP contribution is 2.41. The molecule has 3 aromatic rings. The summed E-state index contributed by atoms with van der Waals surface area (Å²) < 4.78 is 24.8. The fourth-order valence-corrected chi connectivity index (χ4v) is 4.16. The number of nitrogens with one attached hydrogen (secondary N) is 2. The molecule has 2 aliphatic rings. The Bertz CT molecular complexity index is 1390. The lowest BCUT2D eigenvalue weighted by atomic mass is 9.99. The number of ether oxygens (including phenoxy) is 2. The maximum Gasteiger partial charge on any atom is 0.258 e. The number of rotatable bonds is 6. The Kier molecular flexibility index (Phi) is 6.07. The monoisotopic (exact) mass is 488 g/mol. The SMILES string of the molecule is CN(C)CC(=O)N(C)c1ccc(NC(=C2C(=O)Nc3cc(F)ccc32)c2ccc3c(c2)OCO3)cc1. The van der Waals surface area contributed by atoms with Crippen molar-refractivity contribution >= 4 is 40.1 Å². The summed E-state index contributed by atoms with van der Waals surface area (Å²) in [7, 11) is 5.42. The van der Waals surface area contributed by atoms with Crippen molar-refractivity contribution in [2.24, 2.45) is 0 Å². The third-order valence-electron chi connectivity index (χ3n) is 5.99. The minimum Gasteiger partial charge on any atom is -0.454 e. The fourth-order valence-electron chi connectivity index (χ4n) is 4.16. The van der Waals surface area contributed by atoms with Crippen molar-refractivity contribution in [3.05, 3.63) is 77.6 Å². The number of carbonyl (C=O) groups excluding carboxylic acids is 2. The summed E-state index contributed by atoms with van der Waals surface area (Å²) in [5.74, 6) is 0.380. The number of hydrogen-bond acceptors (Lipinski definition) is 6. The van der Waals surface area contributed by atoms with E-state index in [1.165, 1.54) is 12.1 Å². The Morgan fingerprint density at radius 2 is 1.75 bits per heavy atom. The van der Waals surface area contributed by atoms with Crippen LogP contribution in [-0.4, -0.2) is 51.2 Å². The van der Waals surface area contributed by atoms with Gasteiger partial charge < -0.3 is 29.9 Å². The van der Waals surface area contributed by atoms with E-state index >= 15 is 0 Å². The average molecular weight is 489 g/mol. The molecule has 0 aliphatic carbocycles. The van der Waals surface area contributed by atoms with Crippen molar-refractivity contribution in [1.82, 2.24) is 4.90 Å². The molecule has 2 heterocycles. The maximum atomic E-state index is 13.8. The fraction of sp³-hybridized carbons (Fsp3) is 0.185. The van der Waals surface area contributed by atoms with E-state index in [4.69, 9.17) is 9.47 Å². The molecule has 184 valence electrons. The number of fused-ring (bicyclic) bond motifs is 2. The zero-order chi connectivity index (χ0) is 25.4. The summed E-state index contributed by atoms with van der Waals surface area (Å²) in [6.45, 7) is 0.425. The molecule has 0 spiro atoms. The molecule has 2 aliphatic heterocycles. The molecule has 0 aromatic heterocycles. The first-order valence-electron chi connectivity index (χ1n) is 11.3. The van der Waals surface area contributed by atoms with Crippen molar-refractivity contribution in [3.63, 3.8) is 0 Å². The molecule has 2 N–H and O–H groups in total. The molecule has 8 nitrogen and oxygen atoms in total. The molecule has 0 radical (unpaired) electrons. The second kappa shape index (κ2) is 9.35. The molecule has 0 bridgehead atoms. The number of amides is 2. The topological polar surface area (TPSA) is 83.1 Å². The molecule has 3 aromatic carbocycles. The van der Waals surface area contributed by atoms with E-state index in [-0.39, 0.29) is 18.6 Å². The number of nitrogens with zero attached hydrogens (tertiary/aromatic N) is 2. The first-order chi connectivity index (χ1) is 17.3. The molecule has 2 amide bonds. The van der Waals surface area contributed by atoms with Gasteiger partial charge in [0.1, 0.15) is 5.82 Å². The lowest BCUT2D eigenvalue weighted by molar-refractivity contribution is -0.119. The van der Waals surface area contributed by atoms with Gasteiger partial charge in [-0.15, -0.1) is 0 Å². The molecule has 9 heteroatoms. The van der Waals surface area contributed by atoms with Gasteiger partial charge in [-0.2, -0.15) is 0 Å². The number of halogens is 1. The molecular weight excluding hydrogens is 463 g/mol. The van der Waals surface area contributed by atoms with Crippen LogP contribution < -0.4 is 25.0 Å². The van der Waals surface area contributed by atoms with Crippen LogP contribution >= 0.6 is 0 Å². The van der Waals surface area contributed by atoms with Crippen molar-refractivity contribution < 1.29 is 23.5 Å². The van der Waals surface area contributed by atoms with Gasteiger partial charge >= 0.3 is 0 Å². The smallest absolute Gasteiger partial charge is 0.258 e. The van der Waals surface area contributed by atoms with Crippen LogP contribution in [0.25, 0.3) is 11.3 Å². The second-order valence-corrected chi connectivity index (χ2v) is 8.82. The van der Waals surface area contributed by atoms with Crippen LogP contribution in [-0.2, 0) is 9.59 Å². The third-order valence-corrected chi connectivity index (χ3v) is 5.99. The molecule has 0 atom stereocenters. The van der Waals surface area contributed by atoms with Gasteiger partial charge in [0.2, 0.25) is 12.7 Å². The molecule has 36 heavy (non-hydrogen) atoms. The van der Waals surface area contributed by atoms with Gasteiger partial charge in [-0.05, 0) is 74.8 Å². The lowest BCUT2D eigenvalue weighted by Crippen LogP contribution is -2.34. The van der Waals surface area contributed by atoms with Crippen LogP contribution in [0.3, 0.4) is 0 Å². The molecule has 5 rings (SSSR count). The Morgan fingerprint density at radius 1 is 1.00 bits per heavy atom. The van der Waals surface area contributed by atoms with E-state index in [2.05, 4.69) is 10.6 Å². The van der Waals surface area contributed by atoms with Crippen LogP contribution in [0.15, 0.2) is 60.7 Å². The molecule has 0 saturated heterocycles. The van der Waals surface area contributed by atoms with E-state index in [9.17, 15) is 14.0 Å². The molecule has 0 saturated carbocycles. The highest BCUT2D eigenvalue weighted by atomic mass is 19.1. The van der Waals surface area contributed by atoms with Crippen LogP contribution in [0.5, 0.6) is 11.5 Å². The summed E-state index contributed by atoms with van der Waals surface area (Å²) in [5.41, 5.74) is 4.05. The first kappa shape index (κ1) is 23.4. The second-order valence-electron chi connectivity index (χ2n) is 8.82. The Hall–Kier alpha value is -4.37. The average Bonchev–Trinajstić information content (AvgIpc) is 3.44. The van der Waals surface area contributed by atoms with Crippen LogP contribution in [0, 0.1) is 5.82 Å². The van der Waals surface area contributed by atoms with Crippen molar-refractivity contribution in [2.75, 3.05) is 50.0 Å². The predicted octanol–water partition coefficient (Wildman–Crippen LogP) is 4.01. The predicted molar refractivity (Wildman–Crippen MR) is 136 cm³/mol. The van der Waals surface area contributed by atoms with Crippen LogP contribution in [0.1, 0.15) is 11.1 Å².